The second-order valence-electron chi connectivity index (χ2n) is 14.6. The summed E-state index contributed by atoms with van der Waals surface area (Å²) in [4.78, 5) is 4.75. The molecule has 58 heavy (non-hydrogen) atoms. The maximum absolute atomic E-state index is 2.39. The normalized spacial score (nSPS) is 11.4. The predicted octanol–water partition coefficient (Wildman–Crippen LogP) is 16.7. The van der Waals surface area contributed by atoms with Crippen molar-refractivity contribution in [1.82, 2.24) is 0 Å². The number of anilines is 6. The smallest absolute Gasteiger partial charge is 0.0473 e. The van der Waals surface area contributed by atoms with Crippen molar-refractivity contribution >= 4 is 97.1 Å². The van der Waals surface area contributed by atoms with Crippen LogP contribution in [0.3, 0.4) is 0 Å². The van der Waals surface area contributed by atoms with E-state index in [1.54, 1.807) is 0 Å². The monoisotopic (exact) mass is 776 g/mol. The molecular formula is C54H36N2S2. The van der Waals surface area contributed by atoms with E-state index in [2.05, 4.69) is 228 Å². The molecule has 2 nitrogen and oxygen atoms in total. The van der Waals surface area contributed by atoms with Crippen LogP contribution in [0.25, 0.3) is 62.6 Å². The van der Waals surface area contributed by atoms with Gasteiger partial charge in [-0.05, 0) is 125 Å². The van der Waals surface area contributed by atoms with E-state index in [0.717, 1.165) is 34.1 Å². The van der Waals surface area contributed by atoms with Crippen LogP contribution in [-0.4, -0.2) is 0 Å². The van der Waals surface area contributed by atoms with Crippen molar-refractivity contribution in [2.45, 2.75) is 0 Å². The van der Waals surface area contributed by atoms with Crippen LogP contribution in [0, 0.1) is 0 Å². The molecule has 4 heteroatoms. The fourth-order valence-corrected chi connectivity index (χ4v) is 10.5. The van der Waals surface area contributed by atoms with Gasteiger partial charge in [-0.2, -0.15) is 0 Å². The lowest BCUT2D eigenvalue weighted by molar-refractivity contribution is 1.28. The van der Waals surface area contributed by atoms with Crippen LogP contribution < -0.4 is 9.80 Å². The molecule has 0 amide bonds. The summed E-state index contributed by atoms with van der Waals surface area (Å²) < 4.78 is 5.18. The summed E-state index contributed by atoms with van der Waals surface area (Å²) in [5, 5.41) is 5.14. The first kappa shape index (κ1) is 34.3. The summed E-state index contributed by atoms with van der Waals surface area (Å²) in [7, 11) is 0. The van der Waals surface area contributed by atoms with Gasteiger partial charge in [0, 0.05) is 74.5 Å². The lowest BCUT2D eigenvalue weighted by Crippen LogP contribution is -2.10. The molecule has 0 fully saturated rings. The number of nitrogens with zero attached hydrogens (tertiary/aromatic N) is 2. The molecule has 0 aliphatic carbocycles. The lowest BCUT2D eigenvalue weighted by atomic mass is 9.96. The van der Waals surface area contributed by atoms with Crippen molar-refractivity contribution in [2.24, 2.45) is 0 Å². The maximum atomic E-state index is 2.39. The second kappa shape index (κ2) is 14.5. The first-order chi connectivity index (χ1) is 28.7. The third-order valence-electron chi connectivity index (χ3n) is 11.0. The van der Waals surface area contributed by atoms with Gasteiger partial charge in [0.05, 0.1) is 0 Å². The summed E-state index contributed by atoms with van der Waals surface area (Å²) in [6.45, 7) is 0. The van der Waals surface area contributed by atoms with E-state index in [4.69, 9.17) is 0 Å². The molecule has 0 saturated carbocycles. The van der Waals surface area contributed by atoms with Crippen molar-refractivity contribution in [3.63, 3.8) is 0 Å². The highest BCUT2D eigenvalue weighted by molar-refractivity contribution is 7.26. The summed E-state index contributed by atoms with van der Waals surface area (Å²) in [6, 6.07) is 79.3. The second-order valence-corrected chi connectivity index (χ2v) is 16.8. The third kappa shape index (κ3) is 6.20. The van der Waals surface area contributed by atoms with Gasteiger partial charge in [0.1, 0.15) is 0 Å². The van der Waals surface area contributed by atoms with Crippen LogP contribution in [0.4, 0.5) is 34.1 Å². The van der Waals surface area contributed by atoms with Crippen molar-refractivity contribution in [3.8, 4) is 22.3 Å². The minimum Gasteiger partial charge on any atom is -0.310 e. The van der Waals surface area contributed by atoms with E-state index in [0.29, 0.717) is 0 Å². The molecule has 0 unspecified atom stereocenters. The molecule has 9 aromatic carbocycles. The highest BCUT2D eigenvalue weighted by Gasteiger charge is 2.19. The zero-order chi connectivity index (χ0) is 38.4. The Morgan fingerprint density at radius 3 is 1.26 bits per heavy atom. The predicted molar refractivity (Wildman–Crippen MR) is 252 cm³/mol. The molecule has 274 valence electrons. The first-order valence-corrected chi connectivity index (χ1v) is 21.2. The Morgan fingerprint density at radius 1 is 0.224 bits per heavy atom. The summed E-state index contributed by atoms with van der Waals surface area (Å²) in [6.07, 6.45) is 0. The molecule has 0 aliphatic rings. The zero-order valence-electron chi connectivity index (χ0n) is 31.5. The van der Waals surface area contributed by atoms with Gasteiger partial charge in [-0.15, -0.1) is 22.7 Å². The molecule has 0 radical (unpaired) electrons. The quantitative estimate of drug-likeness (QED) is 0.152. The minimum atomic E-state index is 1.12. The molecule has 0 saturated heterocycles. The fraction of sp³-hybridized carbons (Fsp3) is 0. The molecule has 0 atom stereocenters. The number of rotatable bonds is 8. The van der Waals surface area contributed by atoms with Gasteiger partial charge >= 0.3 is 0 Å². The van der Waals surface area contributed by atoms with E-state index >= 15 is 0 Å². The topological polar surface area (TPSA) is 6.48 Å². The van der Waals surface area contributed by atoms with Gasteiger partial charge in [-0.1, -0.05) is 115 Å². The molecule has 0 bridgehead atoms. The minimum absolute atomic E-state index is 1.12. The van der Waals surface area contributed by atoms with Gasteiger partial charge in [0.25, 0.3) is 0 Å². The van der Waals surface area contributed by atoms with Crippen LogP contribution in [-0.2, 0) is 0 Å². The van der Waals surface area contributed by atoms with Crippen molar-refractivity contribution < 1.29 is 0 Å². The Morgan fingerprint density at radius 2 is 0.672 bits per heavy atom. The van der Waals surface area contributed by atoms with Gasteiger partial charge in [-0.3, -0.25) is 0 Å². The van der Waals surface area contributed by atoms with Crippen molar-refractivity contribution in [3.05, 3.63) is 218 Å². The average Bonchev–Trinajstić information content (AvgIpc) is 3.85. The highest BCUT2D eigenvalue weighted by atomic mass is 32.1. The number of hydrogen-bond donors (Lipinski definition) is 0. The van der Waals surface area contributed by atoms with Crippen LogP contribution in [0.15, 0.2) is 218 Å². The molecule has 0 N–H and O–H groups in total. The first-order valence-electron chi connectivity index (χ1n) is 19.6. The largest absolute Gasteiger partial charge is 0.310 e. The Kier molecular flexibility index (Phi) is 8.58. The van der Waals surface area contributed by atoms with Gasteiger partial charge in [0.2, 0.25) is 0 Å². The van der Waals surface area contributed by atoms with E-state index < -0.39 is 0 Å². The van der Waals surface area contributed by atoms with Crippen molar-refractivity contribution in [1.29, 1.82) is 0 Å². The summed E-state index contributed by atoms with van der Waals surface area (Å²) >= 11 is 3.72. The fourth-order valence-electron chi connectivity index (χ4n) is 8.27. The zero-order valence-corrected chi connectivity index (χ0v) is 33.1. The number of hydrogen-bond acceptors (Lipinski definition) is 4. The molecular weight excluding hydrogens is 741 g/mol. The Bertz CT molecular complexity index is 3190. The van der Waals surface area contributed by atoms with Crippen LogP contribution in [0.2, 0.25) is 0 Å². The van der Waals surface area contributed by atoms with Gasteiger partial charge in [0.15, 0.2) is 0 Å². The molecule has 2 aromatic heterocycles. The summed E-state index contributed by atoms with van der Waals surface area (Å²) in [5.41, 5.74) is 11.5. The number of fused-ring (bicyclic) bond motifs is 6. The summed E-state index contributed by atoms with van der Waals surface area (Å²) in [5.74, 6) is 0. The Hall–Kier alpha value is -6.98. The van der Waals surface area contributed by atoms with E-state index in [9.17, 15) is 0 Å². The average molecular weight is 777 g/mol. The highest BCUT2D eigenvalue weighted by Crippen LogP contribution is 2.45. The van der Waals surface area contributed by atoms with Crippen LogP contribution in [0.1, 0.15) is 0 Å². The van der Waals surface area contributed by atoms with Gasteiger partial charge < -0.3 is 9.80 Å². The maximum Gasteiger partial charge on any atom is 0.0473 e. The molecule has 0 spiro atoms. The number of benzene rings is 9. The number of para-hydroxylation sites is 3. The number of thiophene rings is 2. The standard InChI is InChI=1S/C54H36N2S2/c1-5-15-37(16-6-1)39-31-40(33-46(32-39)55(41-17-7-2-8-18-41)42-19-9-3-10-20-42)38-25-28-48-50-36-45(27-30-53(50)58-54(48)34-38)56(43-21-11-4-12-22-43)44-26-29-52-49(35-44)47-23-13-14-24-51(47)57-52/h1-36H. The lowest BCUT2D eigenvalue weighted by Gasteiger charge is -2.26. The third-order valence-corrected chi connectivity index (χ3v) is 13.3. The van der Waals surface area contributed by atoms with E-state index in [1.807, 2.05) is 22.7 Å². The van der Waals surface area contributed by atoms with E-state index in [1.165, 1.54) is 62.6 Å². The van der Waals surface area contributed by atoms with E-state index in [-0.39, 0.29) is 0 Å². The Labute approximate surface area is 345 Å². The van der Waals surface area contributed by atoms with Crippen LogP contribution in [0.5, 0.6) is 0 Å². The molecule has 11 aromatic rings. The van der Waals surface area contributed by atoms with Gasteiger partial charge in [-0.25, -0.2) is 0 Å². The Balaban J connectivity index is 1.04. The molecule has 0 aliphatic heterocycles. The molecule has 2 heterocycles. The molecule has 11 rings (SSSR count). The van der Waals surface area contributed by atoms with Crippen molar-refractivity contribution in [2.75, 3.05) is 9.80 Å². The van der Waals surface area contributed by atoms with Crippen LogP contribution >= 0.6 is 22.7 Å². The SMILES string of the molecule is c1ccc(-c2cc(-c3ccc4c(c3)sc3ccc(N(c5ccccc5)c5ccc6sc7ccccc7c6c5)cc34)cc(N(c3ccccc3)c3ccccc3)c2)cc1.